The zero-order valence-corrected chi connectivity index (χ0v) is 18.9. The molecular weight excluding hydrogens is 368 g/mol. The van der Waals surface area contributed by atoms with Crippen LogP contribution in [0.3, 0.4) is 0 Å². The Morgan fingerprint density at radius 2 is 1.44 bits per heavy atom. The lowest BCUT2D eigenvalue weighted by molar-refractivity contribution is -0.870. The van der Waals surface area contributed by atoms with Crippen molar-refractivity contribution in [2.45, 2.75) is 77.6 Å². The molecule has 0 rings (SSSR count). The van der Waals surface area contributed by atoms with E-state index in [0.717, 1.165) is 18.0 Å². The van der Waals surface area contributed by atoms with Crippen LogP contribution in [-0.2, 0) is 19.4 Å². The minimum Gasteiger partial charge on any atom is -0.726 e. The van der Waals surface area contributed by atoms with E-state index in [1.165, 1.54) is 64.3 Å². The Balaban J connectivity index is 0. The van der Waals surface area contributed by atoms with E-state index < -0.39 is 10.4 Å². The Kier molecular flexibility index (Phi) is 17.2. The van der Waals surface area contributed by atoms with E-state index in [9.17, 15) is 17.8 Å². The molecule has 0 heterocycles. The van der Waals surface area contributed by atoms with Crippen LogP contribution in [0.2, 0.25) is 0 Å². The van der Waals surface area contributed by atoms with Crippen LogP contribution >= 0.6 is 0 Å². The van der Waals surface area contributed by atoms with Crippen molar-refractivity contribution in [2.24, 2.45) is 11.7 Å². The molecule has 1 amide bonds. The number of hydrogen-bond donors (Lipinski definition) is 1. The number of rotatable bonds is 15. The van der Waals surface area contributed by atoms with Gasteiger partial charge in [-0.15, -0.1) is 0 Å². The van der Waals surface area contributed by atoms with Crippen LogP contribution in [0.1, 0.15) is 77.6 Å². The summed E-state index contributed by atoms with van der Waals surface area (Å²) in [5, 5.41) is 0. The number of hydrogen-bond acceptors (Lipinski definition) is 5. The standard InChI is InChI=1S/C18H38N2O.CH4O4S/c1-5-6-7-8-9-10-11-13-17(16-18(19)21)14-12-15-20(2,3)4;1-5-6(2,3)4/h17H,5-16H2,1-4H3,(H-,19,21);1H3,(H,2,3,4). The fraction of sp³-hybridized carbons (Fsp3) is 0.947. The average molecular weight is 411 g/mol. The van der Waals surface area contributed by atoms with E-state index >= 15 is 0 Å². The summed E-state index contributed by atoms with van der Waals surface area (Å²) in [5.41, 5.74) is 5.39. The van der Waals surface area contributed by atoms with E-state index in [4.69, 9.17) is 5.73 Å². The minimum atomic E-state index is -4.41. The van der Waals surface area contributed by atoms with Gasteiger partial charge in [0.15, 0.2) is 0 Å². The number of carbonyl (C=O) groups excluding carboxylic acids is 1. The van der Waals surface area contributed by atoms with Gasteiger partial charge in [0.2, 0.25) is 16.3 Å². The Morgan fingerprint density at radius 1 is 1.00 bits per heavy atom. The molecule has 7 nitrogen and oxygen atoms in total. The van der Waals surface area contributed by atoms with Gasteiger partial charge in [-0.25, -0.2) is 8.42 Å². The molecule has 8 heteroatoms. The van der Waals surface area contributed by atoms with Crippen molar-refractivity contribution in [3.8, 4) is 0 Å². The predicted octanol–water partition coefficient (Wildman–Crippen LogP) is 3.20. The van der Waals surface area contributed by atoms with Gasteiger partial charge in [0.05, 0.1) is 34.8 Å². The first-order valence-corrected chi connectivity index (χ1v) is 11.3. The second-order valence-corrected chi connectivity index (χ2v) is 9.33. The smallest absolute Gasteiger partial charge is 0.217 e. The molecule has 0 aliphatic carbocycles. The van der Waals surface area contributed by atoms with Gasteiger partial charge in [-0.3, -0.25) is 8.98 Å². The van der Waals surface area contributed by atoms with Crippen molar-refractivity contribution in [2.75, 3.05) is 34.8 Å². The number of nitrogens with two attached hydrogens (primary N) is 1. The van der Waals surface area contributed by atoms with Crippen LogP contribution in [0, 0.1) is 5.92 Å². The van der Waals surface area contributed by atoms with E-state index in [2.05, 4.69) is 32.2 Å². The van der Waals surface area contributed by atoms with Gasteiger partial charge in [0.25, 0.3) is 0 Å². The van der Waals surface area contributed by atoms with Crippen molar-refractivity contribution >= 4 is 16.3 Å². The van der Waals surface area contributed by atoms with Crippen molar-refractivity contribution < 1.29 is 26.4 Å². The fourth-order valence-electron chi connectivity index (χ4n) is 2.88. The van der Waals surface area contributed by atoms with E-state index in [0.29, 0.717) is 12.3 Å². The molecule has 0 aromatic heterocycles. The maximum absolute atomic E-state index is 11.2. The van der Waals surface area contributed by atoms with Crippen LogP contribution in [0.15, 0.2) is 0 Å². The molecule has 0 aromatic rings. The van der Waals surface area contributed by atoms with Crippen LogP contribution in [-0.4, -0.2) is 58.2 Å². The minimum absolute atomic E-state index is 0.131. The number of unbranched alkanes of at least 4 members (excludes halogenated alkanes) is 6. The first-order valence-electron chi connectivity index (χ1n) is 10.0. The largest absolute Gasteiger partial charge is 0.726 e. The third kappa shape index (κ3) is 27.6. The molecule has 0 aliphatic heterocycles. The van der Waals surface area contributed by atoms with E-state index in [-0.39, 0.29) is 5.91 Å². The molecule has 0 aromatic carbocycles. The topological polar surface area (TPSA) is 110 Å². The summed E-state index contributed by atoms with van der Waals surface area (Å²) < 4.78 is 32.0. The first kappa shape index (κ1) is 28.5. The maximum atomic E-state index is 11.2. The summed E-state index contributed by atoms with van der Waals surface area (Å²) in [5.74, 6) is 0.373. The maximum Gasteiger partial charge on any atom is 0.217 e. The molecule has 27 heavy (non-hydrogen) atoms. The lowest BCUT2D eigenvalue weighted by atomic mass is 9.92. The molecule has 164 valence electrons. The van der Waals surface area contributed by atoms with Crippen LogP contribution in [0.5, 0.6) is 0 Å². The number of amides is 1. The van der Waals surface area contributed by atoms with Crippen molar-refractivity contribution in [3.05, 3.63) is 0 Å². The Morgan fingerprint density at radius 3 is 1.85 bits per heavy atom. The molecule has 0 fully saturated rings. The highest BCUT2D eigenvalue weighted by Crippen LogP contribution is 2.20. The molecule has 0 radical (unpaired) electrons. The van der Waals surface area contributed by atoms with Gasteiger partial charge in [0.1, 0.15) is 0 Å². The predicted molar refractivity (Wildman–Crippen MR) is 109 cm³/mol. The Hall–Kier alpha value is -0.700. The van der Waals surface area contributed by atoms with E-state index in [1.807, 2.05) is 0 Å². The molecule has 1 unspecified atom stereocenters. The Labute approximate surface area is 167 Å². The van der Waals surface area contributed by atoms with Gasteiger partial charge >= 0.3 is 0 Å². The highest BCUT2D eigenvalue weighted by molar-refractivity contribution is 7.80. The van der Waals surface area contributed by atoms with Crippen molar-refractivity contribution in [1.29, 1.82) is 0 Å². The zero-order chi connectivity index (χ0) is 21.3. The molecule has 2 N–H and O–H groups in total. The molecule has 0 aliphatic rings. The highest BCUT2D eigenvalue weighted by Gasteiger charge is 2.14. The van der Waals surface area contributed by atoms with Crippen LogP contribution in [0.25, 0.3) is 0 Å². The SMILES string of the molecule is CCCCCCCCCC(CCC[N+](C)(C)C)CC(N)=O.COS(=O)(=O)[O-]. The third-order valence-corrected chi connectivity index (χ3v) is 4.76. The number of quaternary nitrogens is 1. The second kappa shape index (κ2) is 16.3. The van der Waals surface area contributed by atoms with Gasteiger partial charge in [-0.1, -0.05) is 51.9 Å². The molecule has 1 atom stereocenters. The second-order valence-electron chi connectivity index (χ2n) is 8.18. The van der Waals surface area contributed by atoms with Gasteiger partial charge < -0.3 is 14.8 Å². The Bertz CT molecular complexity index is 461. The summed E-state index contributed by atoms with van der Waals surface area (Å²) in [6.45, 7) is 3.43. The molecular formula is C19H42N2O5S. The number of primary amides is 1. The molecule has 0 bridgehead atoms. The quantitative estimate of drug-likeness (QED) is 0.193. The zero-order valence-electron chi connectivity index (χ0n) is 18.0. The highest BCUT2D eigenvalue weighted by atomic mass is 32.3. The van der Waals surface area contributed by atoms with Crippen molar-refractivity contribution in [3.63, 3.8) is 0 Å². The first-order chi connectivity index (χ1) is 12.4. The average Bonchev–Trinajstić information content (AvgIpc) is 2.52. The fourth-order valence-corrected chi connectivity index (χ4v) is 2.88. The van der Waals surface area contributed by atoms with Crippen LogP contribution in [0.4, 0.5) is 0 Å². The van der Waals surface area contributed by atoms with Crippen LogP contribution < -0.4 is 5.73 Å². The lowest BCUT2D eigenvalue weighted by Crippen LogP contribution is -2.35. The normalized spacial score (nSPS) is 13.0. The molecule has 0 saturated heterocycles. The van der Waals surface area contributed by atoms with Gasteiger partial charge in [0, 0.05) is 6.42 Å². The number of nitrogens with zero attached hydrogens (tertiary/aromatic N) is 1. The summed E-state index contributed by atoms with van der Waals surface area (Å²) >= 11 is 0. The summed E-state index contributed by atoms with van der Waals surface area (Å²) in [7, 11) is 3.06. The summed E-state index contributed by atoms with van der Waals surface area (Å²) in [6.07, 6.45) is 13.4. The van der Waals surface area contributed by atoms with Gasteiger partial charge in [-0.05, 0) is 25.2 Å². The molecule has 0 saturated carbocycles. The third-order valence-electron chi connectivity index (χ3n) is 4.35. The van der Waals surface area contributed by atoms with E-state index in [1.54, 1.807) is 0 Å². The monoisotopic (exact) mass is 410 g/mol. The van der Waals surface area contributed by atoms with Crippen molar-refractivity contribution in [1.82, 2.24) is 0 Å². The summed E-state index contributed by atoms with van der Waals surface area (Å²) in [6, 6.07) is 0. The lowest BCUT2D eigenvalue weighted by Gasteiger charge is -2.25. The number of carbonyl (C=O) groups is 1. The summed E-state index contributed by atoms with van der Waals surface area (Å²) in [4.78, 5) is 11.2. The molecule has 0 spiro atoms. The van der Waals surface area contributed by atoms with Gasteiger partial charge in [-0.2, -0.15) is 0 Å².